The highest BCUT2D eigenvalue weighted by atomic mass is 16.6. The molecule has 2 amide bonds. The van der Waals surface area contributed by atoms with E-state index in [1.54, 1.807) is 20.8 Å². The fourth-order valence-corrected chi connectivity index (χ4v) is 5.72. The Morgan fingerprint density at radius 2 is 1.59 bits per heavy atom. The first kappa shape index (κ1) is 34.9. The Morgan fingerprint density at radius 3 is 2.26 bits per heavy atom. The monoisotopic (exact) mass is 631 g/mol. The van der Waals surface area contributed by atoms with Gasteiger partial charge >= 0.3 is 6.09 Å². The molecule has 4 rings (SSSR count). The van der Waals surface area contributed by atoms with Gasteiger partial charge in [-0.05, 0) is 88.5 Å². The number of hydrogen-bond acceptors (Lipinski definition) is 7. The number of rotatable bonds is 14. The molecule has 3 aromatic carbocycles. The van der Waals surface area contributed by atoms with Crippen LogP contribution in [0.15, 0.2) is 78.9 Å². The quantitative estimate of drug-likeness (QED) is 0.208. The summed E-state index contributed by atoms with van der Waals surface area (Å²) in [6, 6.07) is 23.7. The largest absolute Gasteiger partial charge is 0.492 e. The van der Waals surface area contributed by atoms with Crippen molar-refractivity contribution in [3.05, 3.63) is 101 Å². The van der Waals surface area contributed by atoms with E-state index in [4.69, 9.17) is 9.47 Å². The summed E-state index contributed by atoms with van der Waals surface area (Å²) in [5.74, 6) is -0.196. The number of alkyl carbamates (subject to hydrolysis) is 1. The molecule has 0 aromatic heterocycles. The number of benzene rings is 3. The number of amides is 2. The van der Waals surface area contributed by atoms with Gasteiger partial charge in [-0.2, -0.15) is 0 Å². The molecule has 9 nitrogen and oxygen atoms in total. The third kappa shape index (κ3) is 10.6. The topological polar surface area (TPSA) is 120 Å². The van der Waals surface area contributed by atoms with Crippen LogP contribution in [-0.2, 0) is 28.8 Å². The van der Waals surface area contributed by atoms with Gasteiger partial charge in [-0.3, -0.25) is 4.79 Å². The highest BCUT2D eigenvalue weighted by molar-refractivity contribution is 5.80. The van der Waals surface area contributed by atoms with Crippen molar-refractivity contribution in [2.24, 2.45) is 5.92 Å². The number of ether oxygens (including phenoxy) is 2. The third-order valence-corrected chi connectivity index (χ3v) is 8.08. The Balaban J connectivity index is 1.55. The summed E-state index contributed by atoms with van der Waals surface area (Å²) in [5.41, 5.74) is 3.02. The van der Waals surface area contributed by atoms with E-state index in [1.807, 2.05) is 97.9 Å². The van der Waals surface area contributed by atoms with Crippen LogP contribution >= 0.6 is 0 Å². The molecular weight excluding hydrogens is 582 g/mol. The number of nitrogens with one attached hydrogen (secondary N) is 2. The van der Waals surface area contributed by atoms with Crippen molar-refractivity contribution in [1.82, 2.24) is 15.5 Å². The number of fused-ring (bicyclic) bond motifs is 1. The van der Waals surface area contributed by atoms with Gasteiger partial charge in [0.25, 0.3) is 0 Å². The molecule has 0 spiro atoms. The zero-order valence-electron chi connectivity index (χ0n) is 27.6. The zero-order valence-corrected chi connectivity index (χ0v) is 27.6. The van der Waals surface area contributed by atoms with Gasteiger partial charge in [0.1, 0.15) is 18.0 Å². The summed E-state index contributed by atoms with van der Waals surface area (Å²) < 4.78 is 11.3. The minimum Gasteiger partial charge on any atom is -0.492 e. The first-order valence-electron chi connectivity index (χ1n) is 16.0. The molecule has 1 aliphatic carbocycles. The molecule has 5 atom stereocenters. The van der Waals surface area contributed by atoms with Crippen LogP contribution in [0.2, 0.25) is 0 Å². The zero-order chi connectivity index (χ0) is 33.3. The molecule has 3 aromatic rings. The van der Waals surface area contributed by atoms with E-state index in [2.05, 4.69) is 10.6 Å². The Kier molecular flexibility index (Phi) is 12.2. The van der Waals surface area contributed by atoms with Gasteiger partial charge in [0, 0.05) is 18.9 Å². The molecule has 0 aliphatic heterocycles. The maximum atomic E-state index is 14.0. The lowest BCUT2D eigenvalue weighted by atomic mass is 9.88. The van der Waals surface area contributed by atoms with Crippen LogP contribution in [0.3, 0.4) is 0 Å². The SMILES string of the molecule is CN(C)CCOc1ccc(C[C@@H](C[C@H](O)[C@H](Cc2ccccc2)NC(=O)OC(C)(C)C)C(=O)N[C@H]2c3ccccc3C[C@H]2O)cc1. The van der Waals surface area contributed by atoms with Crippen molar-refractivity contribution >= 4 is 12.0 Å². The molecule has 0 heterocycles. The van der Waals surface area contributed by atoms with Crippen molar-refractivity contribution in [3.63, 3.8) is 0 Å². The van der Waals surface area contributed by atoms with E-state index in [0.717, 1.165) is 34.5 Å². The molecule has 0 radical (unpaired) electrons. The van der Waals surface area contributed by atoms with Gasteiger partial charge in [-0.1, -0.05) is 66.7 Å². The second kappa shape index (κ2) is 16.1. The van der Waals surface area contributed by atoms with Crippen LogP contribution < -0.4 is 15.4 Å². The Morgan fingerprint density at radius 1 is 0.935 bits per heavy atom. The lowest BCUT2D eigenvalue weighted by molar-refractivity contribution is -0.127. The van der Waals surface area contributed by atoms with Gasteiger partial charge < -0.3 is 35.2 Å². The number of carbonyl (C=O) groups is 2. The molecule has 46 heavy (non-hydrogen) atoms. The minimum atomic E-state index is -1.07. The van der Waals surface area contributed by atoms with Gasteiger partial charge in [-0.15, -0.1) is 0 Å². The molecule has 1 aliphatic rings. The summed E-state index contributed by atoms with van der Waals surface area (Å²) in [6.45, 7) is 6.69. The fraction of sp³-hybridized carbons (Fsp3) is 0.459. The fourth-order valence-electron chi connectivity index (χ4n) is 5.72. The number of aliphatic hydroxyl groups excluding tert-OH is 2. The predicted octanol–water partition coefficient (Wildman–Crippen LogP) is 4.45. The van der Waals surface area contributed by atoms with Gasteiger partial charge in [-0.25, -0.2) is 4.79 Å². The second-order valence-electron chi connectivity index (χ2n) is 13.4. The van der Waals surface area contributed by atoms with E-state index in [9.17, 15) is 19.8 Å². The summed E-state index contributed by atoms with van der Waals surface area (Å²) >= 11 is 0. The molecule has 9 heteroatoms. The van der Waals surface area contributed by atoms with Crippen LogP contribution in [0.4, 0.5) is 4.79 Å². The summed E-state index contributed by atoms with van der Waals surface area (Å²) in [7, 11) is 3.98. The third-order valence-electron chi connectivity index (χ3n) is 8.08. The summed E-state index contributed by atoms with van der Waals surface area (Å²) in [4.78, 5) is 28.9. The van der Waals surface area contributed by atoms with Crippen molar-refractivity contribution in [3.8, 4) is 5.75 Å². The standard InChI is InChI=1S/C37H49N3O6/c1-37(2,3)46-36(44)38-31(22-25-11-7-6-8-12-25)32(41)24-28(21-26-15-17-29(18-16-26)45-20-19-40(4)5)35(43)39-34-30-14-10-9-13-27(30)23-33(34)42/h6-18,28,31-34,41-42H,19-24H2,1-5H3,(H,38,44)(H,39,43)/t28-,31-,32-,33+,34-/m0/s1. The number of carbonyl (C=O) groups excluding carboxylic acids is 2. The van der Waals surface area contributed by atoms with E-state index >= 15 is 0 Å². The highest BCUT2D eigenvalue weighted by Crippen LogP contribution is 2.32. The molecule has 0 unspecified atom stereocenters. The average Bonchev–Trinajstić information content (AvgIpc) is 3.31. The Labute approximate surface area is 272 Å². The first-order chi connectivity index (χ1) is 21.9. The molecule has 4 N–H and O–H groups in total. The Bertz CT molecular complexity index is 1410. The molecule has 0 fully saturated rings. The van der Waals surface area contributed by atoms with Crippen LogP contribution in [-0.4, -0.2) is 78.2 Å². The Hall–Kier alpha value is -3.92. The van der Waals surface area contributed by atoms with Crippen molar-refractivity contribution in [2.75, 3.05) is 27.2 Å². The van der Waals surface area contributed by atoms with Crippen molar-refractivity contribution in [1.29, 1.82) is 0 Å². The lowest BCUT2D eigenvalue weighted by Gasteiger charge is -2.29. The maximum absolute atomic E-state index is 14.0. The normalized spacial score (nSPS) is 17.9. The van der Waals surface area contributed by atoms with Crippen LogP contribution in [0.25, 0.3) is 0 Å². The molecule has 0 bridgehead atoms. The first-order valence-corrected chi connectivity index (χ1v) is 16.0. The van der Waals surface area contributed by atoms with E-state index < -0.39 is 41.9 Å². The minimum absolute atomic E-state index is 0.0741. The molecule has 0 saturated heterocycles. The van der Waals surface area contributed by atoms with E-state index in [1.165, 1.54) is 0 Å². The van der Waals surface area contributed by atoms with Crippen molar-refractivity contribution < 1.29 is 29.3 Å². The highest BCUT2D eigenvalue weighted by Gasteiger charge is 2.35. The average molecular weight is 632 g/mol. The predicted molar refractivity (Wildman–Crippen MR) is 179 cm³/mol. The molecule has 0 saturated carbocycles. The molecular formula is C37H49N3O6. The van der Waals surface area contributed by atoms with Crippen LogP contribution in [0.5, 0.6) is 5.75 Å². The van der Waals surface area contributed by atoms with E-state index in [-0.39, 0.29) is 12.3 Å². The van der Waals surface area contributed by atoms with E-state index in [0.29, 0.717) is 25.9 Å². The smallest absolute Gasteiger partial charge is 0.407 e. The van der Waals surface area contributed by atoms with Gasteiger partial charge in [0.05, 0.1) is 24.3 Å². The number of likely N-dealkylation sites (N-methyl/N-ethyl adjacent to an activating group) is 1. The number of aliphatic hydroxyl groups is 2. The van der Waals surface area contributed by atoms with Crippen LogP contribution in [0.1, 0.15) is 55.5 Å². The van der Waals surface area contributed by atoms with Crippen molar-refractivity contribution in [2.45, 2.75) is 76.3 Å². The van der Waals surface area contributed by atoms with Gasteiger partial charge in [0.15, 0.2) is 0 Å². The molecule has 248 valence electrons. The summed E-state index contributed by atoms with van der Waals surface area (Å²) in [6.07, 6.45) is -1.22. The number of nitrogens with zero attached hydrogens (tertiary/aromatic N) is 1. The maximum Gasteiger partial charge on any atom is 0.407 e. The lowest BCUT2D eigenvalue weighted by Crippen LogP contribution is -2.48. The van der Waals surface area contributed by atoms with Gasteiger partial charge in [0.2, 0.25) is 5.91 Å². The number of hydrogen-bond donors (Lipinski definition) is 4. The van der Waals surface area contributed by atoms with Crippen LogP contribution in [0, 0.1) is 5.92 Å². The second-order valence-corrected chi connectivity index (χ2v) is 13.4. The summed E-state index contributed by atoms with van der Waals surface area (Å²) in [5, 5.41) is 28.4.